The zero-order valence-electron chi connectivity index (χ0n) is 13.4. The molecule has 0 amide bonds. The van der Waals surface area contributed by atoms with Gasteiger partial charge in [0, 0.05) is 18.8 Å². The molecule has 1 heterocycles. The fraction of sp³-hybridized carbons (Fsp3) is 0.750. The molecular formula is C16H27N3O2. The summed E-state index contributed by atoms with van der Waals surface area (Å²) < 4.78 is 7.14. The van der Waals surface area contributed by atoms with Crippen LogP contribution in [0.2, 0.25) is 0 Å². The van der Waals surface area contributed by atoms with E-state index in [0.717, 1.165) is 5.69 Å². The highest BCUT2D eigenvalue weighted by molar-refractivity contribution is 5.71. The molecule has 0 bridgehead atoms. The van der Waals surface area contributed by atoms with Crippen molar-refractivity contribution in [3.8, 4) is 0 Å². The second-order valence-corrected chi connectivity index (χ2v) is 6.03. The fourth-order valence-electron chi connectivity index (χ4n) is 2.84. The molecule has 118 valence electrons. The number of nitrogens with zero attached hydrogens (tertiary/aromatic N) is 3. The summed E-state index contributed by atoms with van der Waals surface area (Å²) in [7, 11) is 0. The maximum Gasteiger partial charge on any atom is 0.320 e. The smallest absolute Gasteiger partial charge is 0.320 e. The molecule has 1 fully saturated rings. The van der Waals surface area contributed by atoms with E-state index >= 15 is 0 Å². The molecule has 1 aromatic heterocycles. The highest BCUT2D eigenvalue weighted by Gasteiger charge is 2.20. The number of esters is 1. The third-order valence-corrected chi connectivity index (χ3v) is 4.10. The normalized spacial score (nSPS) is 16.0. The lowest BCUT2D eigenvalue weighted by Gasteiger charge is -2.24. The Kier molecular flexibility index (Phi) is 5.79. The van der Waals surface area contributed by atoms with E-state index in [4.69, 9.17) is 9.84 Å². The molecule has 1 aromatic rings. The lowest BCUT2D eigenvalue weighted by atomic mass is 10.3. The highest BCUT2D eigenvalue weighted by Crippen LogP contribution is 2.28. The molecular weight excluding hydrogens is 266 g/mol. The molecule has 0 N–H and O–H groups in total. The van der Waals surface area contributed by atoms with Crippen LogP contribution in [0.3, 0.4) is 0 Å². The molecule has 21 heavy (non-hydrogen) atoms. The lowest BCUT2D eigenvalue weighted by Crippen LogP contribution is -2.36. The SMILES string of the molecule is CCOC(=O)CN(Cc1ccn(C2CCCC2)n1)C(C)C. The standard InChI is InChI=1S/C16H27N3O2/c1-4-21-16(20)12-18(13(2)3)11-14-9-10-19(17-14)15-7-5-6-8-15/h9-10,13,15H,4-8,11-12H2,1-3H3. The second-order valence-electron chi connectivity index (χ2n) is 6.03. The summed E-state index contributed by atoms with van der Waals surface area (Å²) >= 11 is 0. The summed E-state index contributed by atoms with van der Waals surface area (Å²) in [5, 5.41) is 4.69. The number of hydrogen-bond donors (Lipinski definition) is 0. The molecule has 0 atom stereocenters. The number of aromatic nitrogens is 2. The van der Waals surface area contributed by atoms with Crippen LogP contribution in [0.5, 0.6) is 0 Å². The molecule has 1 aliphatic rings. The van der Waals surface area contributed by atoms with Crippen molar-refractivity contribution in [3.63, 3.8) is 0 Å². The van der Waals surface area contributed by atoms with E-state index in [1.165, 1.54) is 25.7 Å². The summed E-state index contributed by atoms with van der Waals surface area (Å²) in [5.74, 6) is -0.165. The van der Waals surface area contributed by atoms with Crippen molar-refractivity contribution in [2.75, 3.05) is 13.2 Å². The Morgan fingerprint density at radius 1 is 1.48 bits per heavy atom. The highest BCUT2D eigenvalue weighted by atomic mass is 16.5. The Hall–Kier alpha value is -1.36. The largest absolute Gasteiger partial charge is 0.465 e. The number of carbonyl (C=O) groups is 1. The molecule has 5 heteroatoms. The zero-order valence-corrected chi connectivity index (χ0v) is 13.4. The van der Waals surface area contributed by atoms with Gasteiger partial charge in [-0.15, -0.1) is 0 Å². The monoisotopic (exact) mass is 293 g/mol. The molecule has 0 aliphatic heterocycles. The van der Waals surface area contributed by atoms with Gasteiger partial charge < -0.3 is 4.74 Å². The molecule has 5 nitrogen and oxygen atoms in total. The average molecular weight is 293 g/mol. The summed E-state index contributed by atoms with van der Waals surface area (Å²) in [5.41, 5.74) is 1.03. The molecule has 0 aromatic carbocycles. The first-order chi connectivity index (χ1) is 10.1. The van der Waals surface area contributed by atoms with Crippen LogP contribution < -0.4 is 0 Å². The van der Waals surface area contributed by atoms with Gasteiger partial charge in [0.1, 0.15) is 0 Å². The van der Waals surface area contributed by atoms with E-state index in [2.05, 4.69) is 35.7 Å². The molecule has 0 unspecified atom stereocenters. The van der Waals surface area contributed by atoms with Crippen molar-refractivity contribution in [1.82, 2.24) is 14.7 Å². The summed E-state index contributed by atoms with van der Waals surface area (Å²) in [6.07, 6.45) is 7.16. The maximum atomic E-state index is 11.7. The Bertz CT molecular complexity index is 450. The minimum absolute atomic E-state index is 0.165. The Balaban J connectivity index is 1.95. The van der Waals surface area contributed by atoms with Crippen molar-refractivity contribution in [2.45, 2.75) is 65.1 Å². The van der Waals surface area contributed by atoms with Gasteiger partial charge in [-0.1, -0.05) is 12.8 Å². The predicted octanol–water partition coefficient (Wildman–Crippen LogP) is 2.77. The van der Waals surface area contributed by atoms with Gasteiger partial charge in [0.2, 0.25) is 0 Å². The van der Waals surface area contributed by atoms with Crippen molar-refractivity contribution in [3.05, 3.63) is 18.0 Å². The number of rotatable bonds is 7. The van der Waals surface area contributed by atoms with E-state index in [9.17, 15) is 4.79 Å². The van der Waals surface area contributed by atoms with Crippen molar-refractivity contribution >= 4 is 5.97 Å². The van der Waals surface area contributed by atoms with Crippen LogP contribution in [-0.2, 0) is 16.1 Å². The molecule has 1 aliphatic carbocycles. The first-order valence-electron chi connectivity index (χ1n) is 8.04. The van der Waals surface area contributed by atoms with Gasteiger partial charge in [-0.3, -0.25) is 14.4 Å². The molecule has 0 saturated heterocycles. The number of carbonyl (C=O) groups excluding carboxylic acids is 1. The minimum Gasteiger partial charge on any atom is -0.465 e. The number of hydrogen-bond acceptors (Lipinski definition) is 4. The Labute approximate surface area is 127 Å². The Morgan fingerprint density at radius 3 is 2.81 bits per heavy atom. The first kappa shape index (κ1) is 16.0. The van der Waals surface area contributed by atoms with Gasteiger partial charge in [-0.05, 0) is 39.7 Å². The van der Waals surface area contributed by atoms with E-state index in [1.807, 2.05) is 6.92 Å². The van der Waals surface area contributed by atoms with Gasteiger partial charge in [0.15, 0.2) is 0 Å². The van der Waals surface area contributed by atoms with Gasteiger partial charge in [0.25, 0.3) is 0 Å². The van der Waals surface area contributed by atoms with Gasteiger partial charge in [-0.25, -0.2) is 0 Å². The topological polar surface area (TPSA) is 47.4 Å². The van der Waals surface area contributed by atoms with Crippen LogP contribution in [-0.4, -0.2) is 39.8 Å². The van der Waals surface area contributed by atoms with E-state index in [1.54, 1.807) is 0 Å². The quantitative estimate of drug-likeness (QED) is 0.725. The fourth-order valence-corrected chi connectivity index (χ4v) is 2.84. The molecule has 1 saturated carbocycles. The van der Waals surface area contributed by atoms with Gasteiger partial charge in [-0.2, -0.15) is 5.10 Å². The van der Waals surface area contributed by atoms with Crippen LogP contribution in [0.25, 0.3) is 0 Å². The Morgan fingerprint density at radius 2 is 2.19 bits per heavy atom. The average Bonchev–Trinajstić information content (AvgIpc) is 3.08. The van der Waals surface area contributed by atoms with Gasteiger partial charge >= 0.3 is 5.97 Å². The third-order valence-electron chi connectivity index (χ3n) is 4.10. The van der Waals surface area contributed by atoms with E-state index < -0.39 is 0 Å². The van der Waals surface area contributed by atoms with Crippen LogP contribution in [0.4, 0.5) is 0 Å². The summed E-state index contributed by atoms with van der Waals surface area (Å²) in [6, 6.07) is 2.92. The van der Waals surface area contributed by atoms with Crippen LogP contribution >= 0.6 is 0 Å². The second kappa shape index (κ2) is 7.59. The summed E-state index contributed by atoms with van der Waals surface area (Å²) in [4.78, 5) is 13.8. The maximum absolute atomic E-state index is 11.7. The third kappa shape index (κ3) is 4.56. The van der Waals surface area contributed by atoms with Crippen molar-refractivity contribution < 1.29 is 9.53 Å². The van der Waals surface area contributed by atoms with Gasteiger partial charge in [0.05, 0.1) is 24.9 Å². The number of ether oxygens (including phenoxy) is 1. The zero-order chi connectivity index (χ0) is 15.2. The van der Waals surface area contributed by atoms with E-state index in [-0.39, 0.29) is 12.0 Å². The van der Waals surface area contributed by atoms with Crippen molar-refractivity contribution in [1.29, 1.82) is 0 Å². The lowest BCUT2D eigenvalue weighted by molar-refractivity contribution is -0.145. The first-order valence-corrected chi connectivity index (χ1v) is 8.04. The van der Waals surface area contributed by atoms with Crippen LogP contribution in [0.1, 0.15) is 58.2 Å². The predicted molar refractivity (Wildman–Crippen MR) is 81.9 cm³/mol. The van der Waals surface area contributed by atoms with Crippen LogP contribution in [0, 0.1) is 0 Å². The van der Waals surface area contributed by atoms with Crippen molar-refractivity contribution in [2.24, 2.45) is 0 Å². The van der Waals surface area contributed by atoms with Crippen LogP contribution in [0.15, 0.2) is 12.3 Å². The molecule has 0 spiro atoms. The minimum atomic E-state index is -0.165. The van der Waals surface area contributed by atoms with E-state index in [0.29, 0.717) is 25.7 Å². The molecule has 0 radical (unpaired) electrons. The molecule has 2 rings (SSSR count). The summed E-state index contributed by atoms with van der Waals surface area (Å²) in [6.45, 7) is 7.46.